The van der Waals surface area contributed by atoms with Gasteiger partial charge in [-0.1, -0.05) is 13.8 Å². The minimum absolute atomic E-state index is 0.0231. The molecule has 0 aliphatic rings. The van der Waals surface area contributed by atoms with Crippen molar-refractivity contribution in [2.24, 2.45) is 11.8 Å². The summed E-state index contributed by atoms with van der Waals surface area (Å²) in [6, 6.07) is 0. The van der Waals surface area contributed by atoms with E-state index in [4.69, 9.17) is 0 Å². The maximum atomic E-state index is 9.27. The Morgan fingerprint density at radius 2 is 1.27 bits per heavy atom. The molecule has 0 bridgehead atoms. The van der Waals surface area contributed by atoms with Gasteiger partial charge in [0.2, 0.25) is 0 Å². The van der Waals surface area contributed by atoms with Crippen LogP contribution in [0.3, 0.4) is 0 Å². The fraction of sp³-hybridized carbons (Fsp3) is 1.00. The molecule has 68 valence electrons. The first-order valence-electron chi connectivity index (χ1n) is 4.31. The Morgan fingerprint density at radius 3 is 1.36 bits per heavy atom. The van der Waals surface area contributed by atoms with E-state index in [-0.39, 0.29) is 5.92 Å². The third-order valence-electron chi connectivity index (χ3n) is 1.98. The second kappa shape index (κ2) is 4.73. The fourth-order valence-electron chi connectivity index (χ4n) is 1.34. The Morgan fingerprint density at radius 1 is 0.909 bits per heavy atom. The maximum absolute atomic E-state index is 9.27. The lowest BCUT2D eigenvalue weighted by molar-refractivity contribution is 0.0207. The van der Waals surface area contributed by atoms with Crippen LogP contribution in [0.5, 0.6) is 0 Å². The maximum Gasteiger partial charge on any atom is 0.0564 e. The van der Waals surface area contributed by atoms with E-state index in [1.54, 1.807) is 13.8 Å². The van der Waals surface area contributed by atoms with E-state index in [9.17, 15) is 10.2 Å². The molecule has 0 aromatic heterocycles. The SMILES string of the molecule is CC(C)CC(C(C)O)C(C)O. The molecule has 0 spiro atoms. The third-order valence-corrected chi connectivity index (χ3v) is 1.98. The van der Waals surface area contributed by atoms with Crippen LogP contribution in [0.2, 0.25) is 0 Å². The Labute approximate surface area is 69.2 Å². The minimum atomic E-state index is -0.405. The largest absolute Gasteiger partial charge is 0.393 e. The molecule has 2 atom stereocenters. The summed E-state index contributed by atoms with van der Waals surface area (Å²) in [6.45, 7) is 7.66. The highest BCUT2D eigenvalue weighted by Crippen LogP contribution is 2.18. The Balaban J connectivity index is 3.90. The van der Waals surface area contributed by atoms with Crippen LogP contribution in [-0.4, -0.2) is 22.4 Å². The van der Waals surface area contributed by atoms with Crippen LogP contribution in [-0.2, 0) is 0 Å². The number of aliphatic hydroxyl groups is 2. The molecule has 0 fully saturated rings. The molecule has 0 saturated heterocycles. The van der Waals surface area contributed by atoms with Gasteiger partial charge in [0, 0.05) is 5.92 Å². The highest BCUT2D eigenvalue weighted by atomic mass is 16.3. The molecule has 11 heavy (non-hydrogen) atoms. The lowest BCUT2D eigenvalue weighted by Gasteiger charge is -2.24. The lowest BCUT2D eigenvalue weighted by atomic mass is 9.89. The molecular weight excluding hydrogens is 140 g/mol. The fourth-order valence-corrected chi connectivity index (χ4v) is 1.34. The molecule has 2 nitrogen and oxygen atoms in total. The van der Waals surface area contributed by atoms with Crippen LogP contribution < -0.4 is 0 Å². The van der Waals surface area contributed by atoms with Crippen molar-refractivity contribution < 1.29 is 10.2 Å². The van der Waals surface area contributed by atoms with Gasteiger partial charge in [0.25, 0.3) is 0 Å². The van der Waals surface area contributed by atoms with Gasteiger partial charge in [-0.3, -0.25) is 0 Å². The van der Waals surface area contributed by atoms with Crippen molar-refractivity contribution in [3.63, 3.8) is 0 Å². The summed E-state index contributed by atoms with van der Waals surface area (Å²) in [6.07, 6.45) is 0.0739. The van der Waals surface area contributed by atoms with Gasteiger partial charge in [-0.05, 0) is 26.2 Å². The van der Waals surface area contributed by atoms with E-state index < -0.39 is 12.2 Å². The second-order valence-corrected chi connectivity index (χ2v) is 3.77. The first-order chi connectivity index (χ1) is 4.95. The monoisotopic (exact) mass is 160 g/mol. The first kappa shape index (κ1) is 10.9. The van der Waals surface area contributed by atoms with Crippen molar-refractivity contribution in [2.45, 2.75) is 46.3 Å². The van der Waals surface area contributed by atoms with Gasteiger partial charge in [-0.2, -0.15) is 0 Å². The molecular formula is C9H20O2. The molecule has 0 rings (SSSR count). The molecule has 2 unspecified atom stereocenters. The third kappa shape index (κ3) is 4.38. The summed E-state index contributed by atoms with van der Waals surface area (Å²) in [4.78, 5) is 0. The van der Waals surface area contributed by atoms with Crippen molar-refractivity contribution in [3.05, 3.63) is 0 Å². The van der Waals surface area contributed by atoms with Gasteiger partial charge >= 0.3 is 0 Å². The van der Waals surface area contributed by atoms with Crippen LogP contribution in [0.1, 0.15) is 34.1 Å². The van der Waals surface area contributed by atoms with Gasteiger partial charge in [-0.25, -0.2) is 0 Å². The van der Waals surface area contributed by atoms with Crippen LogP contribution in [0.15, 0.2) is 0 Å². The smallest absolute Gasteiger partial charge is 0.0564 e. The van der Waals surface area contributed by atoms with Gasteiger partial charge < -0.3 is 10.2 Å². The number of hydrogen-bond donors (Lipinski definition) is 2. The van der Waals surface area contributed by atoms with E-state index in [0.717, 1.165) is 6.42 Å². The number of aliphatic hydroxyl groups excluding tert-OH is 2. The zero-order valence-corrected chi connectivity index (χ0v) is 7.91. The van der Waals surface area contributed by atoms with Crippen molar-refractivity contribution >= 4 is 0 Å². The Kier molecular flexibility index (Phi) is 4.69. The summed E-state index contributed by atoms with van der Waals surface area (Å²) in [5.74, 6) is 0.555. The van der Waals surface area contributed by atoms with E-state index in [0.29, 0.717) is 5.92 Å². The predicted molar refractivity (Wildman–Crippen MR) is 46.3 cm³/mol. The summed E-state index contributed by atoms with van der Waals surface area (Å²) >= 11 is 0. The summed E-state index contributed by atoms with van der Waals surface area (Å²) < 4.78 is 0. The van der Waals surface area contributed by atoms with Crippen LogP contribution >= 0.6 is 0 Å². The highest BCUT2D eigenvalue weighted by Gasteiger charge is 2.20. The standard InChI is InChI=1S/C9H20O2/c1-6(2)5-9(7(3)10)8(4)11/h6-11H,5H2,1-4H3. The molecule has 0 aliphatic heterocycles. The van der Waals surface area contributed by atoms with Crippen LogP contribution in [0.25, 0.3) is 0 Å². The van der Waals surface area contributed by atoms with Crippen molar-refractivity contribution in [1.82, 2.24) is 0 Å². The van der Waals surface area contributed by atoms with E-state index in [1.807, 2.05) is 0 Å². The number of rotatable bonds is 4. The van der Waals surface area contributed by atoms with E-state index >= 15 is 0 Å². The normalized spacial score (nSPS) is 19.9. The van der Waals surface area contributed by atoms with E-state index in [2.05, 4.69) is 13.8 Å². The van der Waals surface area contributed by atoms with E-state index in [1.165, 1.54) is 0 Å². The average molecular weight is 160 g/mol. The zero-order chi connectivity index (χ0) is 9.02. The molecule has 0 aliphatic carbocycles. The molecule has 2 heteroatoms. The first-order valence-corrected chi connectivity index (χ1v) is 4.31. The molecule has 2 N–H and O–H groups in total. The van der Waals surface area contributed by atoms with Crippen LogP contribution in [0.4, 0.5) is 0 Å². The Hall–Kier alpha value is -0.0800. The highest BCUT2D eigenvalue weighted by molar-refractivity contribution is 4.71. The molecule has 0 aromatic carbocycles. The van der Waals surface area contributed by atoms with Gasteiger partial charge in [0.15, 0.2) is 0 Å². The summed E-state index contributed by atoms with van der Waals surface area (Å²) in [5, 5.41) is 18.5. The van der Waals surface area contributed by atoms with Gasteiger partial charge in [-0.15, -0.1) is 0 Å². The quantitative estimate of drug-likeness (QED) is 0.653. The van der Waals surface area contributed by atoms with Crippen LogP contribution in [0, 0.1) is 11.8 Å². The molecule has 0 aromatic rings. The average Bonchev–Trinajstić information content (AvgIpc) is 1.81. The molecule has 0 heterocycles. The lowest BCUT2D eigenvalue weighted by Crippen LogP contribution is -2.28. The zero-order valence-electron chi connectivity index (χ0n) is 7.91. The van der Waals surface area contributed by atoms with Gasteiger partial charge in [0.1, 0.15) is 0 Å². The molecule has 0 radical (unpaired) electrons. The topological polar surface area (TPSA) is 40.5 Å². The van der Waals surface area contributed by atoms with Crippen molar-refractivity contribution in [2.75, 3.05) is 0 Å². The van der Waals surface area contributed by atoms with Gasteiger partial charge in [0.05, 0.1) is 12.2 Å². The molecule has 0 amide bonds. The predicted octanol–water partition coefficient (Wildman–Crippen LogP) is 1.41. The van der Waals surface area contributed by atoms with Crippen molar-refractivity contribution in [1.29, 1.82) is 0 Å². The van der Waals surface area contributed by atoms with Crippen molar-refractivity contribution in [3.8, 4) is 0 Å². The minimum Gasteiger partial charge on any atom is -0.393 e. The summed E-state index contributed by atoms with van der Waals surface area (Å²) in [7, 11) is 0. The Bertz CT molecular complexity index is 89.7. The number of hydrogen-bond acceptors (Lipinski definition) is 2. The molecule has 0 saturated carbocycles. The summed E-state index contributed by atoms with van der Waals surface area (Å²) in [5.41, 5.74) is 0. The second-order valence-electron chi connectivity index (χ2n) is 3.77.